The monoisotopic (exact) mass is 1920 g/mol. The normalized spacial score (nSPS) is 15.1. The molecule has 8 aromatic heterocycles. The van der Waals surface area contributed by atoms with E-state index in [4.69, 9.17) is 17.7 Å². The summed E-state index contributed by atoms with van der Waals surface area (Å²) >= 11 is 0. The number of aryl methyl sites for hydroxylation is 12. The van der Waals surface area contributed by atoms with Crippen LogP contribution in [-0.4, -0.2) is 0 Å². The number of nitrogens with zero attached hydrogens (tertiary/aromatic N) is 4. The zero-order chi connectivity index (χ0) is 102. The van der Waals surface area contributed by atoms with Crippen LogP contribution in [0.5, 0.6) is 0 Å². The van der Waals surface area contributed by atoms with Crippen molar-refractivity contribution in [2.45, 2.75) is 262 Å². The Balaban J connectivity index is 0.000000108. The van der Waals surface area contributed by atoms with Crippen molar-refractivity contribution in [3.05, 3.63) is 354 Å². The second-order valence-corrected chi connectivity index (χ2v) is 47.3. The molecule has 6 aliphatic rings. The van der Waals surface area contributed by atoms with Crippen molar-refractivity contribution in [1.29, 1.82) is 0 Å². The molecule has 8 heterocycles. The van der Waals surface area contributed by atoms with E-state index in [1.165, 1.54) is 295 Å². The van der Waals surface area contributed by atoms with E-state index in [1.807, 2.05) is 0 Å². The quantitative estimate of drug-likeness (QED) is 0.114. The standard InChI is InChI=1S/C38H44NO.2C34H34NO.C32H32NO/c1-22(2)19-38(20-23(3)4)32-13-11-10-12-27(32)28-16-17-30-29-15-14-25(7)34(36(29)40-37(30)35(28)38)33-18-26(8)31(24(5)6)21-39(33)9;1-20(2)26-19-35(5)29(18-22(26)4)30-21(3)12-13-23-24-14-15-28-31(33(24)36-32(23)30)25-10-6-7-11-27(25)34(28)16-8-9-17-34;1-20(2)27-19-35(5)29(18-22(27)4)30-21(3)12-13-25-26-15-14-24-23-10-6-7-11-28(23)34(16-8-9-17-34)31(24)33(26)36-32(25)30;1-18(2)25-17-33(7)27(16-20(25)4)28-19(3)12-13-23-24-15-14-22-21-10-8-9-11-26(21)32(5,6)29(22)31(24)34-30(23)28/h10-18,21-24H,19-20H2,1-9H3;2*6-7,10-15,18-20H,8-9,16-17H2,1-5H3;8-18H,1-7H3/q4*+1. The van der Waals surface area contributed by atoms with Gasteiger partial charge in [0.2, 0.25) is 22.8 Å². The SMILES string of the molecule is Cc1cc(-c2c(C)ccc3c2oc2c4c(ccc23)-c2ccccc2C4(C)C)[n+](C)cc1C(C)C.Cc1cc(-c2c(C)ccc3c2oc2c4c(ccc23)-c2ccccc2C4(CC(C)C)CC(C)C)[n+](C)cc1C(C)C.Cc1cc(-c2c(C)ccc3c2oc2c4c(ccc23)-c2ccccc2C42CCCC2)[n+](C)cc1C(C)C.Cc1cc(-c2c(C)ccc3c2oc2c4c(ccc23)C2(CCCC2)c2ccccc2-4)[n+](C)cc1C(C)C. The minimum Gasteiger partial charge on any atom is -0.455 e. The lowest BCUT2D eigenvalue weighted by Gasteiger charge is -2.35. The van der Waals surface area contributed by atoms with E-state index in [9.17, 15) is 0 Å². The smallest absolute Gasteiger partial charge is 0.216 e. The largest absolute Gasteiger partial charge is 0.455 e. The molecule has 0 amide bonds. The van der Waals surface area contributed by atoms with Gasteiger partial charge in [-0.3, -0.25) is 0 Å². The van der Waals surface area contributed by atoms with Gasteiger partial charge >= 0.3 is 0 Å². The predicted molar refractivity (Wildman–Crippen MR) is 608 cm³/mol. The van der Waals surface area contributed by atoms with Crippen LogP contribution in [0.1, 0.15) is 296 Å². The van der Waals surface area contributed by atoms with Crippen LogP contribution in [0.25, 0.3) is 177 Å². The maximum Gasteiger partial charge on any atom is 0.216 e. The summed E-state index contributed by atoms with van der Waals surface area (Å²) in [5.74, 6) is 3.12. The molecule has 2 saturated carbocycles. The maximum atomic E-state index is 7.17. The highest BCUT2D eigenvalue weighted by Crippen LogP contribution is 2.64. The Morgan fingerprint density at radius 1 is 0.247 bits per heavy atom. The number of aromatic nitrogens is 4. The second-order valence-electron chi connectivity index (χ2n) is 47.3. The van der Waals surface area contributed by atoms with Crippen LogP contribution in [0, 0.1) is 67.2 Å². The first-order chi connectivity index (χ1) is 70.0. The van der Waals surface area contributed by atoms with Gasteiger partial charge < -0.3 is 17.7 Å². The minimum absolute atomic E-state index is 0.0585. The van der Waals surface area contributed by atoms with Crippen LogP contribution in [0.2, 0.25) is 0 Å². The zero-order valence-electron chi connectivity index (χ0n) is 91.1. The molecular weight excluding hydrogens is 1780 g/mol. The molecule has 0 bridgehead atoms. The van der Waals surface area contributed by atoms with Gasteiger partial charge in [0.15, 0.2) is 24.8 Å². The molecule has 146 heavy (non-hydrogen) atoms. The van der Waals surface area contributed by atoms with E-state index in [-0.39, 0.29) is 21.7 Å². The van der Waals surface area contributed by atoms with Crippen LogP contribution in [-0.2, 0) is 49.9 Å². The molecule has 8 heteroatoms. The molecule has 0 radical (unpaired) electrons. The number of pyridine rings is 4. The molecule has 2 spiro atoms. The van der Waals surface area contributed by atoms with Gasteiger partial charge in [-0.25, -0.2) is 18.3 Å². The topological polar surface area (TPSA) is 68.1 Å². The van der Waals surface area contributed by atoms with Crippen molar-refractivity contribution in [3.8, 4) is 89.5 Å². The molecule has 0 unspecified atom stereocenters. The molecule has 20 aromatic rings. The fourth-order valence-electron chi connectivity index (χ4n) is 28.8. The molecule has 736 valence electrons. The van der Waals surface area contributed by atoms with E-state index in [0.717, 1.165) is 57.5 Å². The van der Waals surface area contributed by atoms with Crippen molar-refractivity contribution in [2.24, 2.45) is 40.0 Å². The summed E-state index contributed by atoms with van der Waals surface area (Å²) in [7, 11) is 8.66. The van der Waals surface area contributed by atoms with E-state index >= 15 is 0 Å². The highest BCUT2D eigenvalue weighted by Gasteiger charge is 2.51. The maximum absolute atomic E-state index is 7.17. The number of hydrogen-bond acceptors (Lipinski definition) is 4. The van der Waals surface area contributed by atoms with Crippen LogP contribution in [0.15, 0.2) is 261 Å². The third kappa shape index (κ3) is 14.6. The van der Waals surface area contributed by atoms with Crippen molar-refractivity contribution in [1.82, 2.24) is 0 Å². The zero-order valence-corrected chi connectivity index (χ0v) is 91.1. The van der Waals surface area contributed by atoms with Gasteiger partial charge in [-0.2, -0.15) is 0 Å². The van der Waals surface area contributed by atoms with Crippen LogP contribution in [0.4, 0.5) is 0 Å². The summed E-state index contributed by atoms with van der Waals surface area (Å²) in [5, 5.41) is 9.76. The third-order valence-electron chi connectivity index (χ3n) is 35.3. The van der Waals surface area contributed by atoms with Gasteiger partial charge in [0.25, 0.3) is 0 Å². The van der Waals surface area contributed by atoms with E-state index in [2.05, 4.69) is 442 Å². The number of benzene rings is 12. The van der Waals surface area contributed by atoms with Crippen LogP contribution in [0.3, 0.4) is 0 Å². The molecule has 26 rings (SSSR count). The minimum atomic E-state index is -0.102. The van der Waals surface area contributed by atoms with Gasteiger partial charge in [0.05, 0.1) is 22.3 Å². The number of fused-ring (bicyclic) bond motifs is 32. The fourth-order valence-corrected chi connectivity index (χ4v) is 28.8. The Labute approximate surface area is 863 Å². The van der Waals surface area contributed by atoms with Gasteiger partial charge in [0.1, 0.15) is 72.9 Å². The Morgan fingerprint density at radius 2 is 0.514 bits per heavy atom. The molecule has 0 N–H and O–H groups in total. The van der Waals surface area contributed by atoms with Gasteiger partial charge in [0, 0.05) is 134 Å². The van der Waals surface area contributed by atoms with E-state index < -0.39 is 0 Å². The first kappa shape index (κ1) is 95.9. The number of hydrogen-bond donors (Lipinski definition) is 0. The van der Waals surface area contributed by atoms with Crippen molar-refractivity contribution >= 4 is 87.8 Å². The molecule has 0 saturated heterocycles. The van der Waals surface area contributed by atoms with Crippen molar-refractivity contribution < 1.29 is 35.9 Å². The highest BCUT2D eigenvalue weighted by molar-refractivity contribution is 6.18. The molecule has 2 fully saturated rings. The highest BCUT2D eigenvalue weighted by atomic mass is 16.3. The van der Waals surface area contributed by atoms with Gasteiger partial charge in [-0.05, 0) is 259 Å². The average Bonchev–Trinajstić information content (AvgIpc) is 1.52. The number of rotatable bonds is 12. The lowest BCUT2D eigenvalue weighted by Crippen LogP contribution is -2.32. The molecule has 6 aliphatic carbocycles. The van der Waals surface area contributed by atoms with Crippen LogP contribution < -0.4 is 18.3 Å². The lowest BCUT2D eigenvalue weighted by atomic mass is 9.67. The van der Waals surface area contributed by atoms with Crippen LogP contribution >= 0.6 is 0 Å². The molecule has 0 atom stereocenters. The summed E-state index contributed by atoms with van der Waals surface area (Å²) in [5.41, 5.74) is 56.3. The molecule has 12 aromatic carbocycles. The first-order valence-corrected chi connectivity index (χ1v) is 54.4. The lowest BCUT2D eigenvalue weighted by molar-refractivity contribution is -0.661. The molecule has 0 aliphatic heterocycles. The van der Waals surface area contributed by atoms with Gasteiger partial charge in [-0.1, -0.05) is 299 Å². The van der Waals surface area contributed by atoms with E-state index in [0.29, 0.717) is 35.5 Å². The summed E-state index contributed by atoms with van der Waals surface area (Å²) in [6, 6.07) is 82.1. The van der Waals surface area contributed by atoms with Crippen molar-refractivity contribution in [2.75, 3.05) is 0 Å². The molecular formula is C138H144N4O4+4. The van der Waals surface area contributed by atoms with Crippen molar-refractivity contribution in [3.63, 3.8) is 0 Å². The summed E-state index contributed by atoms with van der Waals surface area (Å²) in [6.45, 7) is 50.0. The summed E-state index contributed by atoms with van der Waals surface area (Å²) in [6.07, 6.45) is 21.5. The Morgan fingerprint density at radius 3 is 0.884 bits per heavy atom. The Kier molecular flexibility index (Phi) is 23.4. The molecule has 8 nitrogen and oxygen atoms in total. The predicted octanol–water partition coefficient (Wildman–Crippen LogP) is 35.6. The third-order valence-corrected chi connectivity index (χ3v) is 35.3. The number of furan rings is 4. The Bertz CT molecular complexity index is 8810. The summed E-state index contributed by atoms with van der Waals surface area (Å²) < 4.78 is 37.2. The van der Waals surface area contributed by atoms with E-state index in [1.54, 1.807) is 0 Å². The fraction of sp³-hybridized carbons (Fsp3) is 0.333. The summed E-state index contributed by atoms with van der Waals surface area (Å²) in [4.78, 5) is 0. The second kappa shape index (κ2) is 35.7. The van der Waals surface area contributed by atoms with Gasteiger partial charge in [-0.15, -0.1) is 0 Å². The first-order valence-electron chi connectivity index (χ1n) is 54.4. The average molecular weight is 1920 g/mol. The Hall–Kier alpha value is -13.6.